The van der Waals surface area contributed by atoms with E-state index in [2.05, 4.69) is 22.5 Å². The topological polar surface area (TPSA) is 65.0 Å². The van der Waals surface area contributed by atoms with Crippen LogP contribution in [-0.2, 0) is 9.53 Å². The summed E-state index contributed by atoms with van der Waals surface area (Å²) in [5, 5.41) is 10.2. The van der Waals surface area contributed by atoms with E-state index in [-0.39, 0.29) is 12.2 Å². The predicted molar refractivity (Wildman–Crippen MR) is 82.6 cm³/mol. The van der Waals surface area contributed by atoms with E-state index in [1.807, 2.05) is 6.92 Å². The number of ether oxygens (including phenoxy) is 3. The molecule has 5 nitrogen and oxygen atoms in total. The molecular formula is C15H19BrO5. The molecule has 1 atom stereocenters. The zero-order chi connectivity index (χ0) is 16.0. The number of halogens is 1. The van der Waals surface area contributed by atoms with Gasteiger partial charge >= 0.3 is 5.97 Å². The highest BCUT2D eigenvalue weighted by atomic mass is 79.9. The highest BCUT2D eigenvalue weighted by molar-refractivity contribution is 9.10. The van der Waals surface area contributed by atoms with Gasteiger partial charge in [-0.1, -0.05) is 6.58 Å². The Kier molecular flexibility index (Phi) is 6.71. The highest BCUT2D eigenvalue weighted by Crippen LogP contribution is 2.39. The smallest absolute Gasteiger partial charge is 0.336 e. The summed E-state index contributed by atoms with van der Waals surface area (Å²) in [4.78, 5) is 11.6. The van der Waals surface area contributed by atoms with Gasteiger partial charge in [-0.15, -0.1) is 0 Å². The van der Waals surface area contributed by atoms with Crippen LogP contribution in [0.1, 0.15) is 25.5 Å². The summed E-state index contributed by atoms with van der Waals surface area (Å²) in [5.74, 6) is 0.365. The van der Waals surface area contributed by atoms with E-state index in [0.717, 1.165) is 0 Å². The molecular weight excluding hydrogens is 340 g/mol. The Bertz CT molecular complexity index is 527. The standard InChI is InChI=1S/C15H19BrO5/c1-5-20-12-8-10(7-11(16)14(12)19-4)13(17)9(3)15(18)21-6-2/h7-8,13,17H,3,5-6H2,1-2,4H3. The van der Waals surface area contributed by atoms with Gasteiger partial charge < -0.3 is 19.3 Å². The Morgan fingerprint density at radius 2 is 2.05 bits per heavy atom. The summed E-state index contributed by atoms with van der Waals surface area (Å²) in [6, 6.07) is 3.26. The van der Waals surface area contributed by atoms with Crippen LogP contribution in [0.5, 0.6) is 11.5 Å². The van der Waals surface area contributed by atoms with E-state index in [9.17, 15) is 9.90 Å². The maximum Gasteiger partial charge on any atom is 0.336 e. The maximum atomic E-state index is 11.6. The van der Waals surface area contributed by atoms with E-state index in [1.165, 1.54) is 7.11 Å². The molecule has 0 fully saturated rings. The van der Waals surface area contributed by atoms with Crippen LogP contribution in [0.2, 0.25) is 0 Å². The van der Waals surface area contributed by atoms with Gasteiger partial charge in [-0.25, -0.2) is 4.79 Å². The van der Waals surface area contributed by atoms with Gasteiger partial charge in [0.1, 0.15) is 6.10 Å². The molecule has 1 unspecified atom stereocenters. The third-order valence-corrected chi connectivity index (χ3v) is 3.31. The van der Waals surface area contributed by atoms with E-state index < -0.39 is 12.1 Å². The number of carbonyl (C=O) groups excluding carboxylic acids is 1. The molecule has 1 aromatic carbocycles. The number of esters is 1. The summed E-state index contributed by atoms with van der Waals surface area (Å²) >= 11 is 3.35. The summed E-state index contributed by atoms with van der Waals surface area (Å²) in [6.07, 6.45) is -1.18. The zero-order valence-electron chi connectivity index (χ0n) is 12.3. The van der Waals surface area contributed by atoms with Crippen LogP contribution in [0.3, 0.4) is 0 Å². The summed E-state index contributed by atoms with van der Waals surface area (Å²) in [5.41, 5.74) is 0.431. The molecule has 1 rings (SSSR count). The van der Waals surface area contributed by atoms with Gasteiger partial charge in [0, 0.05) is 0 Å². The number of aliphatic hydroxyl groups excluding tert-OH is 1. The fourth-order valence-electron chi connectivity index (χ4n) is 1.74. The monoisotopic (exact) mass is 358 g/mol. The van der Waals surface area contributed by atoms with Gasteiger partial charge in [-0.3, -0.25) is 0 Å². The lowest BCUT2D eigenvalue weighted by molar-refractivity contribution is -0.139. The molecule has 0 spiro atoms. The summed E-state index contributed by atoms with van der Waals surface area (Å²) in [6.45, 7) is 7.78. The van der Waals surface area contributed by atoms with Crippen molar-refractivity contribution in [3.63, 3.8) is 0 Å². The molecule has 0 saturated heterocycles. The van der Waals surface area contributed by atoms with Crippen LogP contribution in [0.15, 0.2) is 28.8 Å². The quantitative estimate of drug-likeness (QED) is 0.599. The molecule has 6 heteroatoms. The third-order valence-electron chi connectivity index (χ3n) is 2.72. The van der Waals surface area contributed by atoms with E-state index in [1.54, 1.807) is 19.1 Å². The second kappa shape index (κ2) is 8.05. The normalized spacial score (nSPS) is 11.7. The Balaban J connectivity index is 3.12. The van der Waals surface area contributed by atoms with Crippen molar-refractivity contribution in [2.45, 2.75) is 20.0 Å². The average molecular weight is 359 g/mol. The van der Waals surface area contributed by atoms with Crippen molar-refractivity contribution < 1.29 is 24.1 Å². The third kappa shape index (κ3) is 4.22. The molecule has 0 saturated carbocycles. The van der Waals surface area contributed by atoms with E-state index >= 15 is 0 Å². The molecule has 21 heavy (non-hydrogen) atoms. The van der Waals surface area contributed by atoms with Crippen molar-refractivity contribution in [1.82, 2.24) is 0 Å². The Morgan fingerprint density at radius 3 is 2.57 bits per heavy atom. The molecule has 0 bridgehead atoms. The van der Waals surface area contributed by atoms with Crippen LogP contribution in [0, 0.1) is 0 Å². The number of benzene rings is 1. The van der Waals surface area contributed by atoms with Crippen LogP contribution in [0.25, 0.3) is 0 Å². The van der Waals surface area contributed by atoms with Crippen LogP contribution < -0.4 is 9.47 Å². The van der Waals surface area contributed by atoms with Crippen molar-refractivity contribution in [3.05, 3.63) is 34.3 Å². The van der Waals surface area contributed by atoms with Gasteiger partial charge in [-0.2, -0.15) is 0 Å². The predicted octanol–water partition coefficient (Wildman–Crippen LogP) is 3.01. The first-order chi connectivity index (χ1) is 9.96. The fourth-order valence-corrected chi connectivity index (χ4v) is 2.37. The van der Waals surface area contributed by atoms with Crippen molar-refractivity contribution in [2.24, 2.45) is 0 Å². The number of hydrogen-bond donors (Lipinski definition) is 1. The molecule has 0 aliphatic rings. The second-order valence-electron chi connectivity index (χ2n) is 4.12. The van der Waals surface area contributed by atoms with Crippen LogP contribution in [-0.4, -0.2) is 31.4 Å². The average Bonchev–Trinajstić information content (AvgIpc) is 2.46. The number of carbonyl (C=O) groups is 1. The lowest BCUT2D eigenvalue weighted by atomic mass is 10.0. The highest BCUT2D eigenvalue weighted by Gasteiger charge is 2.22. The van der Waals surface area contributed by atoms with Gasteiger partial charge in [-0.05, 0) is 47.5 Å². The molecule has 0 radical (unpaired) electrons. The molecule has 116 valence electrons. The Labute approximate surface area is 132 Å². The second-order valence-corrected chi connectivity index (χ2v) is 4.97. The zero-order valence-corrected chi connectivity index (χ0v) is 13.9. The Morgan fingerprint density at radius 1 is 1.38 bits per heavy atom. The fraction of sp³-hybridized carbons (Fsp3) is 0.400. The molecule has 0 aliphatic carbocycles. The largest absolute Gasteiger partial charge is 0.492 e. The number of rotatable bonds is 7. The van der Waals surface area contributed by atoms with Gasteiger partial charge in [0.25, 0.3) is 0 Å². The molecule has 0 aliphatic heterocycles. The van der Waals surface area contributed by atoms with Crippen molar-refractivity contribution in [1.29, 1.82) is 0 Å². The minimum Gasteiger partial charge on any atom is -0.492 e. The number of aliphatic hydroxyl groups is 1. The number of methoxy groups -OCH3 is 1. The van der Waals surface area contributed by atoms with Gasteiger partial charge in [0.05, 0.1) is 30.4 Å². The SMILES string of the molecule is C=C(C(=O)OCC)C(O)c1cc(Br)c(OC)c(OCC)c1. The first-order valence-electron chi connectivity index (χ1n) is 6.50. The van der Waals surface area contributed by atoms with Crippen LogP contribution >= 0.6 is 15.9 Å². The van der Waals surface area contributed by atoms with Crippen molar-refractivity contribution in [2.75, 3.05) is 20.3 Å². The lowest BCUT2D eigenvalue weighted by Gasteiger charge is -2.17. The summed E-state index contributed by atoms with van der Waals surface area (Å²) < 4.78 is 16.2. The minimum absolute atomic E-state index is 0.0311. The first kappa shape index (κ1) is 17.5. The van der Waals surface area contributed by atoms with Crippen molar-refractivity contribution >= 4 is 21.9 Å². The first-order valence-corrected chi connectivity index (χ1v) is 7.29. The van der Waals surface area contributed by atoms with E-state index in [4.69, 9.17) is 14.2 Å². The Hall–Kier alpha value is -1.53. The molecule has 1 aromatic rings. The van der Waals surface area contributed by atoms with Gasteiger partial charge in [0.15, 0.2) is 11.5 Å². The van der Waals surface area contributed by atoms with E-state index in [0.29, 0.717) is 28.1 Å². The molecule has 0 aromatic heterocycles. The number of hydrogen-bond acceptors (Lipinski definition) is 5. The molecule has 0 amide bonds. The molecule has 1 N–H and O–H groups in total. The summed E-state index contributed by atoms with van der Waals surface area (Å²) in [7, 11) is 1.52. The van der Waals surface area contributed by atoms with Gasteiger partial charge in [0.2, 0.25) is 0 Å². The van der Waals surface area contributed by atoms with Crippen molar-refractivity contribution in [3.8, 4) is 11.5 Å². The lowest BCUT2D eigenvalue weighted by Crippen LogP contribution is -2.14. The maximum absolute atomic E-state index is 11.6. The molecule has 0 heterocycles. The van der Waals surface area contributed by atoms with Crippen LogP contribution in [0.4, 0.5) is 0 Å². The minimum atomic E-state index is -1.18.